The number of nitrogens with two attached hydrogens (primary N) is 1. The summed E-state index contributed by atoms with van der Waals surface area (Å²) in [4.78, 5) is 0. The molecule has 0 unspecified atom stereocenters. The fourth-order valence-corrected chi connectivity index (χ4v) is 1.50. The summed E-state index contributed by atoms with van der Waals surface area (Å²) in [6.45, 7) is 0. The van der Waals surface area contributed by atoms with Crippen molar-refractivity contribution in [3.63, 3.8) is 0 Å². The second kappa shape index (κ2) is 4.79. The van der Waals surface area contributed by atoms with E-state index in [9.17, 15) is 13.2 Å². The van der Waals surface area contributed by atoms with Crippen LogP contribution in [0.2, 0.25) is 0 Å². The van der Waals surface area contributed by atoms with E-state index in [1.165, 1.54) is 18.2 Å². The van der Waals surface area contributed by atoms with E-state index in [0.717, 1.165) is 0 Å². The summed E-state index contributed by atoms with van der Waals surface area (Å²) in [6, 6.07) is 3.15. The topological polar surface area (TPSA) is 26.0 Å². The Morgan fingerprint density at radius 2 is 2.00 bits per heavy atom. The molecule has 0 aliphatic heterocycles. The zero-order chi connectivity index (χ0) is 10.7. The smallest absolute Gasteiger partial charge is 0.240 e. The molecule has 5 heteroatoms. The SMILES string of the molecule is N[C@@H](CC(F)F)c1cc(Br)ccc1F. The molecule has 0 bridgehead atoms. The average molecular weight is 268 g/mol. The van der Waals surface area contributed by atoms with E-state index in [1.54, 1.807) is 0 Å². The van der Waals surface area contributed by atoms with Crippen LogP contribution in [0.15, 0.2) is 22.7 Å². The standard InChI is InChI=1S/C9H9BrF3N/c10-5-1-2-7(11)6(3-5)8(14)4-9(12)13/h1-3,8-9H,4,14H2/t8-/m0/s1. The molecule has 0 saturated heterocycles. The van der Waals surface area contributed by atoms with Gasteiger partial charge in [-0.3, -0.25) is 0 Å². The predicted molar refractivity (Wildman–Crippen MR) is 51.6 cm³/mol. The summed E-state index contributed by atoms with van der Waals surface area (Å²) < 4.78 is 37.7. The lowest BCUT2D eigenvalue weighted by atomic mass is 10.0. The Morgan fingerprint density at radius 3 is 2.57 bits per heavy atom. The molecule has 0 saturated carbocycles. The van der Waals surface area contributed by atoms with Crippen LogP contribution in [0.1, 0.15) is 18.0 Å². The van der Waals surface area contributed by atoms with Gasteiger partial charge in [-0.05, 0) is 18.2 Å². The van der Waals surface area contributed by atoms with Crippen molar-refractivity contribution in [3.8, 4) is 0 Å². The van der Waals surface area contributed by atoms with Crippen molar-refractivity contribution < 1.29 is 13.2 Å². The molecule has 1 aromatic carbocycles. The Kier molecular flexibility index (Phi) is 3.95. The minimum Gasteiger partial charge on any atom is -0.324 e. The van der Waals surface area contributed by atoms with E-state index in [2.05, 4.69) is 15.9 Å². The molecule has 78 valence electrons. The van der Waals surface area contributed by atoms with Gasteiger partial charge in [-0.1, -0.05) is 15.9 Å². The van der Waals surface area contributed by atoms with Crippen molar-refractivity contribution in [2.24, 2.45) is 5.73 Å². The highest BCUT2D eigenvalue weighted by Crippen LogP contribution is 2.24. The van der Waals surface area contributed by atoms with Crippen LogP contribution in [0, 0.1) is 5.82 Å². The zero-order valence-electron chi connectivity index (χ0n) is 7.18. The van der Waals surface area contributed by atoms with Gasteiger partial charge < -0.3 is 5.73 Å². The minimum atomic E-state index is -2.52. The molecule has 14 heavy (non-hydrogen) atoms. The summed E-state index contributed by atoms with van der Waals surface area (Å²) in [5.41, 5.74) is 5.54. The van der Waals surface area contributed by atoms with E-state index >= 15 is 0 Å². The summed E-state index contributed by atoms with van der Waals surface area (Å²) in [5, 5.41) is 0. The fraction of sp³-hybridized carbons (Fsp3) is 0.333. The number of halogens is 4. The second-order valence-corrected chi connectivity index (χ2v) is 3.81. The Hall–Kier alpha value is -0.550. The third-order valence-electron chi connectivity index (χ3n) is 1.79. The van der Waals surface area contributed by atoms with E-state index in [1.807, 2.05) is 0 Å². The first kappa shape index (κ1) is 11.5. The van der Waals surface area contributed by atoms with Crippen LogP contribution < -0.4 is 5.73 Å². The van der Waals surface area contributed by atoms with Gasteiger partial charge in [-0.15, -0.1) is 0 Å². The molecule has 1 atom stereocenters. The number of alkyl halides is 2. The van der Waals surface area contributed by atoms with Crippen molar-refractivity contribution in [2.75, 3.05) is 0 Å². The Morgan fingerprint density at radius 1 is 1.36 bits per heavy atom. The molecule has 0 aliphatic rings. The molecule has 2 N–H and O–H groups in total. The first-order chi connectivity index (χ1) is 6.50. The molecule has 0 heterocycles. The van der Waals surface area contributed by atoms with Crippen LogP contribution in [0.5, 0.6) is 0 Å². The Balaban J connectivity index is 2.88. The fourth-order valence-electron chi connectivity index (χ4n) is 1.12. The molecule has 0 amide bonds. The van der Waals surface area contributed by atoms with Crippen molar-refractivity contribution in [3.05, 3.63) is 34.1 Å². The molecule has 0 spiro atoms. The first-order valence-corrected chi connectivity index (χ1v) is 4.78. The highest BCUT2D eigenvalue weighted by atomic mass is 79.9. The highest BCUT2D eigenvalue weighted by molar-refractivity contribution is 9.10. The monoisotopic (exact) mass is 267 g/mol. The van der Waals surface area contributed by atoms with Gasteiger partial charge in [-0.25, -0.2) is 13.2 Å². The van der Waals surface area contributed by atoms with E-state index in [0.29, 0.717) is 4.47 Å². The third kappa shape index (κ3) is 2.99. The maximum atomic E-state index is 13.1. The Labute approximate surface area is 88.2 Å². The van der Waals surface area contributed by atoms with Gasteiger partial charge >= 0.3 is 0 Å². The lowest BCUT2D eigenvalue weighted by Gasteiger charge is -2.12. The van der Waals surface area contributed by atoms with Crippen LogP contribution in [0.4, 0.5) is 13.2 Å². The molecular formula is C9H9BrF3N. The number of hydrogen-bond donors (Lipinski definition) is 1. The number of hydrogen-bond acceptors (Lipinski definition) is 1. The summed E-state index contributed by atoms with van der Waals surface area (Å²) in [6.07, 6.45) is -3.06. The summed E-state index contributed by atoms with van der Waals surface area (Å²) in [7, 11) is 0. The maximum Gasteiger partial charge on any atom is 0.240 e. The van der Waals surface area contributed by atoms with Crippen molar-refractivity contribution >= 4 is 15.9 Å². The summed E-state index contributed by atoms with van der Waals surface area (Å²) in [5.74, 6) is -0.554. The minimum absolute atomic E-state index is 0.111. The quantitative estimate of drug-likeness (QED) is 0.894. The van der Waals surface area contributed by atoms with Crippen LogP contribution >= 0.6 is 15.9 Å². The largest absolute Gasteiger partial charge is 0.324 e. The molecule has 0 fully saturated rings. The van der Waals surface area contributed by atoms with Crippen LogP contribution in [-0.2, 0) is 0 Å². The lowest BCUT2D eigenvalue weighted by molar-refractivity contribution is 0.128. The predicted octanol–water partition coefficient (Wildman–Crippen LogP) is 3.24. The van der Waals surface area contributed by atoms with Gasteiger partial charge in [0, 0.05) is 22.5 Å². The van der Waals surface area contributed by atoms with Gasteiger partial charge in [0.1, 0.15) is 5.82 Å². The van der Waals surface area contributed by atoms with Gasteiger partial charge in [0.05, 0.1) is 0 Å². The molecule has 1 aromatic rings. The second-order valence-electron chi connectivity index (χ2n) is 2.90. The van der Waals surface area contributed by atoms with Crippen molar-refractivity contribution in [1.82, 2.24) is 0 Å². The lowest BCUT2D eigenvalue weighted by Crippen LogP contribution is -2.15. The van der Waals surface area contributed by atoms with Crippen LogP contribution in [-0.4, -0.2) is 6.43 Å². The average Bonchev–Trinajstić information content (AvgIpc) is 2.08. The normalized spacial score (nSPS) is 13.3. The van der Waals surface area contributed by atoms with Gasteiger partial charge in [0.15, 0.2) is 0 Å². The molecule has 1 rings (SSSR count). The van der Waals surface area contributed by atoms with Crippen molar-refractivity contribution in [1.29, 1.82) is 0 Å². The Bertz CT molecular complexity index is 317. The molecule has 1 nitrogen and oxygen atoms in total. The van der Waals surface area contributed by atoms with Crippen molar-refractivity contribution in [2.45, 2.75) is 18.9 Å². The van der Waals surface area contributed by atoms with E-state index < -0.39 is 24.7 Å². The van der Waals surface area contributed by atoms with Gasteiger partial charge in [0.2, 0.25) is 6.43 Å². The molecule has 0 radical (unpaired) electrons. The van der Waals surface area contributed by atoms with E-state index in [4.69, 9.17) is 5.73 Å². The van der Waals surface area contributed by atoms with Gasteiger partial charge in [-0.2, -0.15) is 0 Å². The first-order valence-electron chi connectivity index (χ1n) is 3.99. The maximum absolute atomic E-state index is 13.1. The highest BCUT2D eigenvalue weighted by Gasteiger charge is 2.16. The van der Waals surface area contributed by atoms with Crippen LogP contribution in [0.25, 0.3) is 0 Å². The summed E-state index contributed by atoms with van der Waals surface area (Å²) >= 11 is 3.12. The van der Waals surface area contributed by atoms with Crippen LogP contribution in [0.3, 0.4) is 0 Å². The van der Waals surface area contributed by atoms with Gasteiger partial charge in [0.25, 0.3) is 0 Å². The van der Waals surface area contributed by atoms with E-state index in [-0.39, 0.29) is 5.56 Å². The zero-order valence-corrected chi connectivity index (χ0v) is 8.77. The molecule has 0 aliphatic carbocycles. The molecular weight excluding hydrogens is 259 g/mol. The third-order valence-corrected chi connectivity index (χ3v) is 2.28. The number of rotatable bonds is 3. The molecule has 0 aromatic heterocycles. The number of benzene rings is 1.